The van der Waals surface area contributed by atoms with Gasteiger partial charge in [-0.05, 0) is 42.5 Å². The van der Waals surface area contributed by atoms with Crippen molar-refractivity contribution in [1.82, 2.24) is 9.88 Å². The van der Waals surface area contributed by atoms with Crippen molar-refractivity contribution in [3.8, 4) is 16.3 Å². The van der Waals surface area contributed by atoms with Gasteiger partial charge in [0.05, 0.1) is 23.8 Å². The van der Waals surface area contributed by atoms with Gasteiger partial charge in [0.2, 0.25) is 0 Å². The van der Waals surface area contributed by atoms with Crippen molar-refractivity contribution in [1.29, 1.82) is 0 Å². The fourth-order valence-electron chi connectivity index (χ4n) is 3.81. The van der Waals surface area contributed by atoms with Crippen LogP contribution in [0, 0.1) is 0 Å². The summed E-state index contributed by atoms with van der Waals surface area (Å²) in [5.74, 6) is 0.239. The maximum atomic E-state index is 12.9. The molecule has 186 valence electrons. The fourth-order valence-corrected chi connectivity index (χ4v) is 5.85. The third-order valence-corrected chi connectivity index (χ3v) is 8.16. The molecule has 1 fully saturated rings. The Labute approximate surface area is 214 Å². The van der Waals surface area contributed by atoms with E-state index in [1.807, 2.05) is 18.3 Å². The van der Waals surface area contributed by atoms with Crippen molar-refractivity contribution in [2.45, 2.75) is 11.4 Å². The molecule has 3 heterocycles. The number of rotatable bonds is 6. The summed E-state index contributed by atoms with van der Waals surface area (Å²) in [5, 5.41) is 0.889. The molecule has 9 nitrogen and oxygen atoms in total. The molecule has 0 saturated carbocycles. The number of aromatic nitrogens is 1. The molecule has 2 aliphatic heterocycles. The number of morpholine rings is 1. The van der Waals surface area contributed by atoms with E-state index in [2.05, 4.69) is 14.6 Å². The Kier molecular flexibility index (Phi) is 7.62. The van der Waals surface area contributed by atoms with Crippen LogP contribution in [-0.4, -0.2) is 64.2 Å². The molecule has 1 aromatic heterocycles. The number of carbonyl (C=O) groups excluding carboxylic acids is 1. The summed E-state index contributed by atoms with van der Waals surface area (Å²) < 4.78 is 39.3. The molecule has 0 spiro atoms. The minimum atomic E-state index is -3.85. The second-order valence-corrected chi connectivity index (χ2v) is 10.9. The number of thiazole rings is 1. The SMILES string of the molecule is CN1C(=O)COc2ccc(S(=O)(=O)Nc3ccc(-c4ncc(CN5CCOCC5)s4)cc3)cc21.Cl. The van der Waals surface area contributed by atoms with E-state index in [1.165, 1.54) is 21.9 Å². The number of halogens is 1. The van der Waals surface area contributed by atoms with Crippen LogP contribution in [0.15, 0.2) is 53.6 Å². The zero-order chi connectivity index (χ0) is 23.7. The number of hydrogen-bond donors (Lipinski definition) is 1. The Morgan fingerprint density at radius 1 is 1.11 bits per heavy atom. The van der Waals surface area contributed by atoms with Gasteiger partial charge in [-0.3, -0.25) is 14.4 Å². The highest BCUT2D eigenvalue weighted by atomic mass is 35.5. The zero-order valence-corrected chi connectivity index (χ0v) is 21.4. The second kappa shape index (κ2) is 10.5. The normalized spacial score (nSPS) is 16.3. The van der Waals surface area contributed by atoms with E-state index in [0.717, 1.165) is 43.4 Å². The molecule has 1 N–H and O–H groups in total. The van der Waals surface area contributed by atoms with Crippen LogP contribution >= 0.6 is 23.7 Å². The smallest absolute Gasteiger partial charge is 0.264 e. The van der Waals surface area contributed by atoms with Gasteiger partial charge in [0, 0.05) is 49.0 Å². The lowest BCUT2D eigenvalue weighted by Gasteiger charge is -2.26. The molecule has 12 heteroatoms. The molecule has 2 aliphatic rings. The number of nitrogens with one attached hydrogen (secondary N) is 1. The molecule has 0 bridgehead atoms. The van der Waals surface area contributed by atoms with Crippen LogP contribution in [0.4, 0.5) is 11.4 Å². The van der Waals surface area contributed by atoms with Gasteiger partial charge in [0.1, 0.15) is 10.8 Å². The molecule has 1 saturated heterocycles. The number of fused-ring (bicyclic) bond motifs is 1. The number of benzene rings is 2. The fraction of sp³-hybridized carbons (Fsp3) is 0.304. The average molecular weight is 537 g/mol. The lowest BCUT2D eigenvalue weighted by molar-refractivity contribution is -0.121. The first-order valence-corrected chi connectivity index (χ1v) is 13.1. The number of carbonyl (C=O) groups is 1. The molecule has 0 atom stereocenters. The molecule has 0 aliphatic carbocycles. The van der Waals surface area contributed by atoms with E-state index in [-0.39, 0.29) is 29.8 Å². The first-order chi connectivity index (χ1) is 16.4. The summed E-state index contributed by atoms with van der Waals surface area (Å²) in [6.45, 7) is 4.16. The highest BCUT2D eigenvalue weighted by Gasteiger charge is 2.25. The predicted octanol–water partition coefficient (Wildman–Crippen LogP) is 3.22. The summed E-state index contributed by atoms with van der Waals surface area (Å²) >= 11 is 1.63. The van der Waals surface area contributed by atoms with Gasteiger partial charge in [-0.15, -0.1) is 23.7 Å². The maximum Gasteiger partial charge on any atom is 0.264 e. The van der Waals surface area contributed by atoms with Crippen LogP contribution < -0.4 is 14.4 Å². The molecule has 1 amide bonds. The van der Waals surface area contributed by atoms with Crippen LogP contribution in [-0.2, 0) is 26.1 Å². The minimum Gasteiger partial charge on any atom is -0.482 e. The van der Waals surface area contributed by atoms with Crippen molar-refractivity contribution < 1.29 is 22.7 Å². The van der Waals surface area contributed by atoms with Gasteiger partial charge in [0.25, 0.3) is 15.9 Å². The van der Waals surface area contributed by atoms with E-state index >= 15 is 0 Å². The van der Waals surface area contributed by atoms with Crippen LogP contribution in [0.25, 0.3) is 10.6 Å². The zero-order valence-electron chi connectivity index (χ0n) is 19.0. The number of ether oxygens (including phenoxy) is 2. The van der Waals surface area contributed by atoms with E-state index in [9.17, 15) is 13.2 Å². The van der Waals surface area contributed by atoms with E-state index in [4.69, 9.17) is 9.47 Å². The number of amides is 1. The molecule has 35 heavy (non-hydrogen) atoms. The lowest BCUT2D eigenvalue weighted by atomic mass is 10.2. The van der Waals surface area contributed by atoms with Crippen molar-refractivity contribution >= 4 is 51.0 Å². The largest absolute Gasteiger partial charge is 0.482 e. The van der Waals surface area contributed by atoms with Crippen LogP contribution in [0.5, 0.6) is 5.75 Å². The average Bonchev–Trinajstić information content (AvgIpc) is 3.30. The summed E-state index contributed by atoms with van der Waals surface area (Å²) in [7, 11) is -2.26. The third-order valence-electron chi connectivity index (χ3n) is 5.75. The Balaban J connectivity index is 0.00000289. The number of anilines is 2. The highest BCUT2D eigenvalue weighted by molar-refractivity contribution is 7.92. The summed E-state index contributed by atoms with van der Waals surface area (Å²) in [6.07, 6.45) is 1.90. The Morgan fingerprint density at radius 2 is 1.86 bits per heavy atom. The van der Waals surface area contributed by atoms with Crippen LogP contribution in [0.1, 0.15) is 4.88 Å². The summed E-state index contributed by atoms with van der Waals surface area (Å²) in [6, 6.07) is 11.6. The van der Waals surface area contributed by atoms with Crippen molar-refractivity contribution in [2.75, 3.05) is 49.6 Å². The first-order valence-electron chi connectivity index (χ1n) is 10.8. The number of nitrogens with zero attached hydrogens (tertiary/aromatic N) is 3. The predicted molar refractivity (Wildman–Crippen MR) is 137 cm³/mol. The van der Waals surface area contributed by atoms with Gasteiger partial charge in [-0.1, -0.05) is 0 Å². The number of sulfonamides is 1. The molecule has 0 radical (unpaired) electrons. The van der Waals surface area contributed by atoms with E-state index in [1.54, 1.807) is 36.6 Å². The third kappa shape index (κ3) is 5.60. The van der Waals surface area contributed by atoms with Gasteiger partial charge in [0.15, 0.2) is 6.61 Å². The standard InChI is InChI=1S/C23H24N4O5S2.ClH/c1-26-20-12-19(6-7-21(20)32-15-22(26)28)34(29,30)25-17-4-2-16(3-5-17)23-24-13-18(33-23)14-27-8-10-31-11-9-27;/h2-7,12-13,25H,8-11,14-15H2,1H3;1H. The Morgan fingerprint density at radius 3 is 2.60 bits per heavy atom. The maximum absolute atomic E-state index is 12.9. The summed E-state index contributed by atoms with van der Waals surface area (Å²) in [5.41, 5.74) is 1.78. The van der Waals surface area contributed by atoms with Gasteiger partial charge >= 0.3 is 0 Å². The minimum absolute atomic E-state index is 0. The molecule has 5 rings (SSSR count). The molecular formula is C23H25ClN4O5S2. The van der Waals surface area contributed by atoms with Crippen molar-refractivity contribution in [3.63, 3.8) is 0 Å². The number of hydrogen-bond acceptors (Lipinski definition) is 8. The lowest BCUT2D eigenvalue weighted by Crippen LogP contribution is -2.35. The van der Waals surface area contributed by atoms with Crippen molar-refractivity contribution in [3.05, 3.63) is 53.5 Å². The molecular weight excluding hydrogens is 512 g/mol. The van der Waals surface area contributed by atoms with Gasteiger partial charge < -0.3 is 14.4 Å². The summed E-state index contributed by atoms with van der Waals surface area (Å²) in [4.78, 5) is 21.4. The van der Waals surface area contributed by atoms with Crippen molar-refractivity contribution in [2.24, 2.45) is 0 Å². The van der Waals surface area contributed by atoms with Crippen LogP contribution in [0.2, 0.25) is 0 Å². The first kappa shape index (κ1) is 25.4. The van der Waals surface area contributed by atoms with E-state index < -0.39 is 10.0 Å². The van der Waals surface area contributed by atoms with Gasteiger partial charge in [-0.2, -0.15) is 0 Å². The topological polar surface area (TPSA) is 101 Å². The van der Waals surface area contributed by atoms with Gasteiger partial charge in [-0.25, -0.2) is 13.4 Å². The Bertz CT molecular complexity index is 1310. The second-order valence-electron chi connectivity index (χ2n) is 8.07. The molecule has 3 aromatic rings. The quantitative estimate of drug-likeness (QED) is 0.516. The molecule has 0 unspecified atom stereocenters. The van der Waals surface area contributed by atoms with Crippen LogP contribution in [0.3, 0.4) is 0 Å². The number of likely N-dealkylation sites (N-methyl/N-ethyl adjacent to an activating group) is 1. The molecule has 2 aromatic carbocycles. The Hall–Kier alpha value is -2.70. The monoisotopic (exact) mass is 536 g/mol. The van der Waals surface area contributed by atoms with E-state index in [0.29, 0.717) is 17.1 Å². The highest BCUT2D eigenvalue weighted by Crippen LogP contribution is 2.34.